The van der Waals surface area contributed by atoms with E-state index in [2.05, 4.69) is 25.3 Å². The average Bonchev–Trinajstić information content (AvgIpc) is 3.34. The Balaban J connectivity index is 1.32. The number of anilines is 1. The zero-order valence-electron chi connectivity index (χ0n) is 14.4. The number of carbonyl (C=O) groups excluding carboxylic acids is 1. The summed E-state index contributed by atoms with van der Waals surface area (Å²) in [5.74, 6) is 1.61. The lowest BCUT2D eigenvalue weighted by Crippen LogP contribution is -2.47. The smallest absolute Gasteiger partial charge is 0.226 e. The highest BCUT2D eigenvalue weighted by molar-refractivity contribution is 5.82. The van der Waals surface area contributed by atoms with E-state index in [1.807, 2.05) is 19.2 Å². The Morgan fingerprint density at radius 2 is 2.08 bits per heavy atom. The Kier molecular flexibility index (Phi) is 4.16. The van der Waals surface area contributed by atoms with Crippen LogP contribution in [0.5, 0.6) is 0 Å². The van der Waals surface area contributed by atoms with E-state index >= 15 is 0 Å². The molecule has 1 aromatic heterocycles. The number of nitrogens with zero attached hydrogens (tertiary/aromatic N) is 4. The number of nitrogens with one attached hydrogen (secondary N) is 1. The van der Waals surface area contributed by atoms with E-state index < -0.39 is 0 Å². The second-order valence-electron chi connectivity index (χ2n) is 7.62. The number of carbonyl (C=O) groups is 1. The molecule has 0 bridgehead atoms. The van der Waals surface area contributed by atoms with Gasteiger partial charge in [-0.05, 0) is 62.7 Å². The number of aromatic nitrogens is 2. The van der Waals surface area contributed by atoms with Gasteiger partial charge in [-0.2, -0.15) is 5.10 Å². The predicted octanol–water partition coefficient (Wildman–Crippen LogP) is 1.29. The highest BCUT2D eigenvalue weighted by atomic mass is 16.2. The van der Waals surface area contributed by atoms with E-state index in [0.717, 1.165) is 51.3 Å². The third-order valence-corrected chi connectivity index (χ3v) is 6.33. The molecule has 130 valence electrons. The second-order valence-corrected chi connectivity index (χ2v) is 7.62. The quantitative estimate of drug-likeness (QED) is 0.905. The molecule has 1 aliphatic carbocycles. The van der Waals surface area contributed by atoms with Crippen molar-refractivity contribution in [3.8, 4) is 0 Å². The Morgan fingerprint density at radius 3 is 2.75 bits per heavy atom. The monoisotopic (exact) mass is 329 g/mol. The molecule has 4 rings (SSSR count). The first kappa shape index (κ1) is 15.8. The largest absolute Gasteiger partial charge is 0.355 e. The van der Waals surface area contributed by atoms with E-state index in [1.165, 1.54) is 12.8 Å². The van der Waals surface area contributed by atoms with Crippen LogP contribution in [-0.4, -0.2) is 60.3 Å². The Morgan fingerprint density at radius 1 is 1.33 bits per heavy atom. The second kappa shape index (κ2) is 6.31. The van der Waals surface area contributed by atoms with Gasteiger partial charge in [0.1, 0.15) is 0 Å². The fraction of sp³-hybridized carbons (Fsp3) is 0.722. The minimum atomic E-state index is 0.280. The molecular weight excluding hydrogens is 302 g/mol. The van der Waals surface area contributed by atoms with Crippen LogP contribution in [0.25, 0.3) is 0 Å². The first-order valence-corrected chi connectivity index (χ1v) is 9.20. The van der Waals surface area contributed by atoms with Gasteiger partial charge >= 0.3 is 0 Å². The summed E-state index contributed by atoms with van der Waals surface area (Å²) in [6.45, 7) is 4.04. The van der Waals surface area contributed by atoms with Crippen LogP contribution in [0, 0.1) is 11.3 Å². The maximum atomic E-state index is 12.9. The van der Waals surface area contributed by atoms with Crippen molar-refractivity contribution in [1.82, 2.24) is 20.4 Å². The fourth-order valence-electron chi connectivity index (χ4n) is 4.54. The maximum absolute atomic E-state index is 12.9. The van der Waals surface area contributed by atoms with E-state index in [-0.39, 0.29) is 5.92 Å². The van der Waals surface area contributed by atoms with Gasteiger partial charge in [-0.3, -0.25) is 4.79 Å². The molecule has 24 heavy (non-hydrogen) atoms. The Labute approximate surface area is 143 Å². The first-order chi connectivity index (χ1) is 11.7. The van der Waals surface area contributed by atoms with Crippen molar-refractivity contribution in [2.45, 2.75) is 38.1 Å². The molecule has 0 radical (unpaired) electrons. The Hall–Kier alpha value is -1.69. The van der Waals surface area contributed by atoms with Gasteiger partial charge in [0.05, 0.1) is 0 Å². The number of rotatable bonds is 3. The lowest BCUT2D eigenvalue weighted by atomic mass is 9.91. The van der Waals surface area contributed by atoms with Crippen molar-refractivity contribution < 1.29 is 4.79 Å². The number of hydrogen-bond acceptors (Lipinski definition) is 5. The van der Waals surface area contributed by atoms with Crippen LogP contribution in [0.2, 0.25) is 0 Å². The zero-order valence-corrected chi connectivity index (χ0v) is 14.4. The average molecular weight is 329 g/mol. The molecule has 2 aliphatic heterocycles. The molecule has 1 atom stereocenters. The molecule has 6 heteroatoms. The lowest BCUT2D eigenvalue weighted by molar-refractivity contribution is -0.134. The van der Waals surface area contributed by atoms with Gasteiger partial charge in [0.15, 0.2) is 5.82 Å². The molecule has 3 fully saturated rings. The van der Waals surface area contributed by atoms with Crippen molar-refractivity contribution in [2.75, 3.05) is 38.1 Å². The summed E-state index contributed by atoms with van der Waals surface area (Å²) in [7, 11) is 2.01. The summed E-state index contributed by atoms with van der Waals surface area (Å²) >= 11 is 0. The van der Waals surface area contributed by atoms with Crippen molar-refractivity contribution in [3.63, 3.8) is 0 Å². The van der Waals surface area contributed by atoms with Crippen molar-refractivity contribution in [3.05, 3.63) is 18.3 Å². The van der Waals surface area contributed by atoms with E-state index in [4.69, 9.17) is 0 Å². The van der Waals surface area contributed by atoms with Crippen LogP contribution in [0.15, 0.2) is 18.3 Å². The van der Waals surface area contributed by atoms with Crippen LogP contribution in [0.3, 0.4) is 0 Å². The summed E-state index contributed by atoms with van der Waals surface area (Å²) < 4.78 is 0. The molecule has 1 amide bonds. The van der Waals surface area contributed by atoms with Gasteiger partial charge in [0.2, 0.25) is 5.91 Å². The highest BCUT2D eigenvalue weighted by Crippen LogP contribution is 2.59. The van der Waals surface area contributed by atoms with E-state index in [0.29, 0.717) is 17.4 Å². The molecule has 1 N–H and O–H groups in total. The van der Waals surface area contributed by atoms with Crippen LogP contribution >= 0.6 is 0 Å². The third kappa shape index (κ3) is 2.88. The topological polar surface area (TPSA) is 61.4 Å². The van der Waals surface area contributed by atoms with Gasteiger partial charge in [-0.25, -0.2) is 0 Å². The minimum absolute atomic E-state index is 0.280. The molecule has 1 unspecified atom stereocenters. The van der Waals surface area contributed by atoms with Gasteiger partial charge in [-0.1, -0.05) is 0 Å². The summed E-state index contributed by atoms with van der Waals surface area (Å²) in [5, 5.41) is 11.6. The highest BCUT2D eigenvalue weighted by Gasteiger charge is 2.58. The van der Waals surface area contributed by atoms with Gasteiger partial charge in [0, 0.05) is 38.3 Å². The summed E-state index contributed by atoms with van der Waals surface area (Å²) in [6, 6.07) is 4.30. The van der Waals surface area contributed by atoms with Gasteiger partial charge < -0.3 is 15.1 Å². The SMILES string of the molecule is CN(C(=O)C1CC12CCNCC2)C1CCN(c2cccnn2)CC1. The van der Waals surface area contributed by atoms with Crippen molar-refractivity contribution >= 4 is 11.7 Å². The normalized spacial score (nSPS) is 26.4. The van der Waals surface area contributed by atoms with E-state index in [1.54, 1.807) is 6.20 Å². The first-order valence-electron chi connectivity index (χ1n) is 9.20. The van der Waals surface area contributed by atoms with Crippen LogP contribution < -0.4 is 10.2 Å². The number of piperidine rings is 2. The van der Waals surface area contributed by atoms with Crippen molar-refractivity contribution in [2.24, 2.45) is 11.3 Å². The molecule has 2 saturated heterocycles. The van der Waals surface area contributed by atoms with Crippen LogP contribution in [0.4, 0.5) is 5.82 Å². The minimum Gasteiger partial charge on any atom is -0.355 e. The maximum Gasteiger partial charge on any atom is 0.226 e. The van der Waals surface area contributed by atoms with Gasteiger partial charge in [0.25, 0.3) is 0 Å². The number of hydrogen-bond donors (Lipinski definition) is 1. The predicted molar refractivity (Wildman–Crippen MR) is 92.7 cm³/mol. The molecular formula is C18H27N5O. The molecule has 3 aliphatic rings. The van der Waals surface area contributed by atoms with Crippen molar-refractivity contribution in [1.29, 1.82) is 0 Å². The summed E-state index contributed by atoms with van der Waals surface area (Å²) in [6.07, 6.45) is 7.18. The Bertz CT molecular complexity index is 578. The third-order valence-electron chi connectivity index (χ3n) is 6.33. The van der Waals surface area contributed by atoms with Crippen LogP contribution in [-0.2, 0) is 4.79 Å². The molecule has 6 nitrogen and oxygen atoms in total. The summed E-state index contributed by atoms with van der Waals surface area (Å²) in [4.78, 5) is 17.2. The zero-order chi connectivity index (χ0) is 16.6. The molecule has 1 saturated carbocycles. The summed E-state index contributed by atoms with van der Waals surface area (Å²) in [5.41, 5.74) is 0.330. The molecule has 1 spiro atoms. The lowest BCUT2D eigenvalue weighted by Gasteiger charge is -2.37. The molecule has 0 aromatic carbocycles. The molecule has 3 heterocycles. The van der Waals surface area contributed by atoms with E-state index in [9.17, 15) is 4.79 Å². The van der Waals surface area contributed by atoms with Crippen LogP contribution in [0.1, 0.15) is 32.1 Å². The fourth-order valence-corrected chi connectivity index (χ4v) is 4.54. The standard InChI is InChI=1S/C18H27N5O/c1-22(17(24)15-13-18(15)6-9-19-10-7-18)14-4-11-23(12-5-14)16-3-2-8-20-21-16/h2-3,8,14-15,19H,4-7,9-13H2,1H3. The van der Waals surface area contributed by atoms with Gasteiger partial charge in [-0.15, -0.1) is 5.10 Å². The molecule has 1 aromatic rings. The number of amides is 1.